The molecule has 3 aromatic rings. The molecule has 0 unspecified atom stereocenters. The average molecular weight is 287 g/mol. The van der Waals surface area contributed by atoms with Gasteiger partial charge in [-0.15, -0.1) is 0 Å². The summed E-state index contributed by atoms with van der Waals surface area (Å²) in [6, 6.07) is 14.4. The predicted octanol–water partition coefficient (Wildman–Crippen LogP) is 5.17. The lowest BCUT2D eigenvalue weighted by Crippen LogP contribution is -1.81. The lowest BCUT2D eigenvalue weighted by molar-refractivity contribution is 0.617. The first kappa shape index (κ1) is 10.6. The number of para-hydroxylation sites is 1. The van der Waals surface area contributed by atoms with E-state index in [4.69, 9.17) is 4.42 Å². The van der Waals surface area contributed by atoms with Crippen molar-refractivity contribution in [1.29, 1.82) is 0 Å². The summed E-state index contributed by atoms with van der Waals surface area (Å²) in [6.45, 7) is 2.11. The molecule has 0 aliphatic rings. The fourth-order valence-corrected chi connectivity index (χ4v) is 2.43. The molecule has 17 heavy (non-hydrogen) atoms. The first-order valence-corrected chi connectivity index (χ1v) is 6.28. The summed E-state index contributed by atoms with van der Waals surface area (Å²) in [6.07, 6.45) is 1.83. The molecule has 0 bridgehead atoms. The molecule has 0 saturated carbocycles. The molecular weight excluding hydrogens is 276 g/mol. The van der Waals surface area contributed by atoms with Gasteiger partial charge in [-0.3, -0.25) is 0 Å². The second-order valence-electron chi connectivity index (χ2n) is 4.10. The van der Waals surface area contributed by atoms with Crippen molar-refractivity contribution in [3.05, 3.63) is 58.8 Å². The zero-order valence-corrected chi connectivity index (χ0v) is 11.0. The maximum Gasteiger partial charge on any atom is 0.134 e. The van der Waals surface area contributed by atoms with Crippen LogP contribution >= 0.6 is 15.9 Å². The van der Waals surface area contributed by atoms with Gasteiger partial charge in [0.1, 0.15) is 5.58 Å². The van der Waals surface area contributed by atoms with Crippen LogP contribution in [0.4, 0.5) is 0 Å². The quantitative estimate of drug-likeness (QED) is 0.601. The van der Waals surface area contributed by atoms with Crippen molar-refractivity contribution in [2.45, 2.75) is 6.92 Å². The molecule has 1 aromatic heterocycles. The topological polar surface area (TPSA) is 13.1 Å². The minimum absolute atomic E-state index is 0.932. The molecular formula is C15H11BrO. The third kappa shape index (κ3) is 1.79. The first-order chi connectivity index (χ1) is 8.25. The van der Waals surface area contributed by atoms with Gasteiger partial charge >= 0.3 is 0 Å². The molecule has 0 aliphatic heterocycles. The standard InChI is InChI=1S/C15H11BrO/c1-10-6-7-11(16)8-13(10)14-9-17-15-5-3-2-4-12(14)15/h2-9H,1H3. The number of benzene rings is 2. The van der Waals surface area contributed by atoms with E-state index in [0.717, 1.165) is 21.0 Å². The Kier molecular flexibility index (Phi) is 2.52. The lowest BCUT2D eigenvalue weighted by Gasteiger charge is -2.04. The van der Waals surface area contributed by atoms with Crippen molar-refractivity contribution in [3.63, 3.8) is 0 Å². The van der Waals surface area contributed by atoms with Crippen molar-refractivity contribution in [2.75, 3.05) is 0 Å². The van der Waals surface area contributed by atoms with Gasteiger partial charge in [0.15, 0.2) is 0 Å². The van der Waals surface area contributed by atoms with E-state index in [1.807, 2.05) is 24.5 Å². The fourth-order valence-electron chi connectivity index (χ4n) is 2.07. The molecule has 2 aromatic carbocycles. The van der Waals surface area contributed by atoms with Gasteiger partial charge in [0.05, 0.1) is 6.26 Å². The summed E-state index contributed by atoms with van der Waals surface area (Å²) in [4.78, 5) is 0. The number of fused-ring (bicyclic) bond motifs is 1. The molecule has 0 amide bonds. The molecule has 1 heterocycles. The third-order valence-electron chi connectivity index (χ3n) is 2.97. The normalized spacial score (nSPS) is 10.9. The van der Waals surface area contributed by atoms with E-state index in [-0.39, 0.29) is 0 Å². The van der Waals surface area contributed by atoms with E-state index < -0.39 is 0 Å². The van der Waals surface area contributed by atoms with Crippen LogP contribution in [-0.4, -0.2) is 0 Å². The Labute approximate surface area is 108 Å². The first-order valence-electron chi connectivity index (χ1n) is 5.48. The Balaban J connectivity index is 2.31. The van der Waals surface area contributed by atoms with Crippen LogP contribution in [0.3, 0.4) is 0 Å². The van der Waals surface area contributed by atoms with Gasteiger partial charge in [0.25, 0.3) is 0 Å². The summed E-state index contributed by atoms with van der Waals surface area (Å²) in [5.74, 6) is 0. The summed E-state index contributed by atoms with van der Waals surface area (Å²) in [5, 5.41) is 1.16. The zero-order chi connectivity index (χ0) is 11.8. The van der Waals surface area contributed by atoms with E-state index in [2.05, 4.69) is 47.1 Å². The van der Waals surface area contributed by atoms with Crippen LogP contribution in [0.1, 0.15) is 5.56 Å². The molecule has 3 rings (SSSR count). The molecule has 0 N–H and O–H groups in total. The van der Waals surface area contributed by atoms with Crippen LogP contribution in [0.2, 0.25) is 0 Å². The molecule has 2 heteroatoms. The highest BCUT2D eigenvalue weighted by Gasteiger charge is 2.09. The predicted molar refractivity (Wildman–Crippen MR) is 74.1 cm³/mol. The van der Waals surface area contributed by atoms with Crippen LogP contribution in [0, 0.1) is 6.92 Å². The molecule has 1 nitrogen and oxygen atoms in total. The Morgan fingerprint density at radius 2 is 1.82 bits per heavy atom. The largest absolute Gasteiger partial charge is 0.464 e. The van der Waals surface area contributed by atoms with Crippen LogP contribution in [0.15, 0.2) is 57.6 Å². The van der Waals surface area contributed by atoms with Crippen LogP contribution in [0.25, 0.3) is 22.1 Å². The van der Waals surface area contributed by atoms with Gasteiger partial charge in [-0.05, 0) is 36.2 Å². The highest BCUT2D eigenvalue weighted by atomic mass is 79.9. The molecule has 0 saturated heterocycles. The number of hydrogen-bond donors (Lipinski definition) is 0. The highest BCUT2D eigenvalue weighted by Crippen LogP contribution is 2.33. The molecule has 0 spiro atoms. The second-order valence-corrected chi connectivity index (χ2v) is 5.02. The molecule has 0 fully saturated rings. The van der Waals surface area contributed by atoms with E-state index in [1.165, 1.54) is 11.1 Å². The van der Waals surface area contributed by atoms with Gasteiger partial charge in [-0.1, -0.05) is 40.2 Å². The van der Waals surface area contributed by atoms with Crippen molar-refractivity contribution in [2.24, 2.45) is 0 Å². The SMILES string of the molecule is Cc1ccc(Br)cc1-c1coc2ccccc12. The Hall–Kier alpha value is -1.54. The van der Waals surface area contributed by atoms with Crippen LogP contribution in [-0.2, 0) is 0 Å². The molecule has 0 aliphatic carbocycles. The highest BCUT2D eigenvalue weighted by molar-refractivity contribution is 9.10. The van der Waals surface area contributed by atoms with Crippen LogP contribution in [0.5, 0.6) is 0 Å². The van der Waals surface area contributed by atoms with Gasteiger partial charge in [0.2, 0.25) is 0 Å². The summed E-state index contributed by atoms with van der Waals surface area (Å²) >= 11 is 3.52. The van der Waals surface area contributed by atoms with Crippen LogP contribution < -0.4 is 0 Å². The van der Waals surface area contributed by atoms with E-state index in [1.54, 1.807) is 0 Å². The maximum atomic E-state index is 5.58. The fraction of sp³-hybridized carbons (Fsp3) is 0.0667. The van der Waals surface area contributed by atoms with Gasteiger partial charge in [-0.25, -0.2) is 0 Å². The van der Waals surface area contributed by atoms with Crippen molar-refractivity contribution in [1.82, 2.24) is 0 Å². The minimum Gasteiger partial charge on any atom is -0.464 e. The molecule has 84 valence electrons. The van der Waals surface area contributed by atoms with Gasteiger partial charge in [-0.2, -0.15) is 0 Å². The average Bonchev–Trinajstić information content (AvgIpc) is 2.76. The number of hydrogen-bond acceptors (Lipinski definition) is 1. The zero-order valence-electron chi connectivity index (χ0n) is 9.41. The van der Waals surface area contributed by atoms with Crippen molar-refractivity contribution >= 4 is 26.9 Å². The summed E-state index contributed by atoms with van der Waals surface area (Å²) in [5.41, 5.74) is 4.55. The summed E-state index contributed by atoms with van der Waals surface area (Å²) in [7, 11) is 0. The number of halogens is 1. The molecule has 0 radical (unpaired) electrons. The van der Waals surface area contributed by atoms with E-state index in [0.29, 0.717) is 0 Å². The number of rotatable bonds is 1. The van der Waals surface area contributed by atoms with Crippen molar-refractivity contribution < 1.29 is 4.42 Å². The third-order valence-corrected chi connectivity index (χ3v) is 3.46. The Bertz CT molecular complexity index is 682. The number of aryl methyl sites for hydroxylation is 1. The van der Waals surface area contributed by atoms with Gasteiger partial charge in [0, 0.05) is 15.4 Å². The Morgan fingerprint density at radius 3 is 2.71 bits per heavy atom. The number of furan rings is 1. The van der Waals surface area contributed by atoms with Gasteiger partial charge < -0.3 is 4.42 Å². The van der Waals surface area contributed by atoms with Crippen molar-refractivity contribution in [3.8, 4) is 11.1 Å². The maximum absolute atomic E-state index is 5.58. The lowest BCUT2D eigenvalue weighted by atomic mass is 10.0. The van der Waals surface area contributed by atoms with E-state index >= 15 is 0 Å². The monoisotopic (exact) mass is 286 g/mol. The Morgan fingerprint density at radius 1 is 1.00 bits per heavy atom. The second kappa shape index (κ2) is 4.04. The molecule has 0 atom stereocenters. The summed E-state index contributed by atoms with van der Waals surface area (Å²) < 4.78 is 6.67. The minimum atomic E-state index is 0.932. The smallest absolute Gasteiger partial charge is 0.134 e. The van der Waals surface area contributed by atoms with E-state index in [9.17, 15) is 0 Å².